The van der Waals surface area contributed by atoms with Crippen molar-refractivity contribution in [2.24, 2.45) is 5.41 Å². The predicted octanol–water partition coefficient (Wildman–Crippen LogP) is 9.47. The fourth-order valence-corrected chi connectivity index (χ4v) is 3.49. The van der Waals surface area contributed by atoms with E-state index in [1.807, 2.05) is 53.9 Å². The summed E-state index contributed by atoms with van der Waals surface area (Å²) in [6, 6.07) is 0. The fraction of sp³-hybridized carbons (Fsp3) is 0.641. The Hall–Kier alpha value is -2.39. The van der Waals surface area contributed by atoms with Crippen molar-refractivity contribution in [3.8, 4) is 0 Å². The van der Waals surface area contributed by atoms with Crippen molar-refractivity contribution in [3.05, 3.63) is 72.9 Å². The zero-order valence-electron chi connectivity index (χ0n) is 31.7. The highest BCUT2D eigenvalue weighted by atomic mass is 32.2. The van der Waals surface area contributed by atoms with Crippen LogP contribution in [0.2, 0.25) is 0 Å². The number of amides is 1. The molecule has 0 bridgehead atoms. The van der Waals surface area contributed by atoms with Gasteiger partial charge in [-0.15, -0.1) is 0 Å². The Kier molecular flexibility index (Phi) is 47.7. The van der Waals surface area contributed by atoms with Crippen molar-refractivity contribution < 1.29 is 24.3 Å². The highest BCUT2D eigenvalue weighted by Gasteiger charge is 2.34. The molecular formula is C39H72N2O5S. The summed E-state index contributed by atoms with van der Waals surface area (Å²) < 4.78 is 5.30. The number of hydrogen-bond donors (Lipinski definition) is 3. The minimum Gasteiger partial charge on any atom is -0.465 e. The van der Waals surface area contributed by atoms with E-state index in [2.05, 4.69) is 78.5 Å². The number of ether oxygens (including phenoxy) is 1. The monoisotopic (exact) mass is 681 g/mol. The van der Waals surface area contributed by atoms with Crippen LogP contribution in [0.3, 0.4) is 0 Å². The molecule has 0 fully saturated rings. The van der Waals surface area contributed by atoms with Crippen molar-refractivity contribution in [1.29, 1.82) is 0 Å². The predicted molar refractivity (Wildman–Crippen MR) is 208 cm³/mol. The van der Waals surface area contributed by atoms with Crippen molar-refractivity contribution in [1.82, 2.24) is 10.8 Å². The molecule has 1 amide bonds. The number of carbonyl (C=O) groups excluding carboxylic acids is 2. The standard InChI is InChI=1S/C33H54N2O5S.3C2H6/c1-5-6-7-8-9-10-11-12-13-14-15-16-17-18-19-20-21-22-24-30(36)39-29-33(2,3)31(37)32(38)34-25-23-27-40-35-26-28-41-4;3*1-2/h6-7,9-10,12-13,15-16,18-19,21-22,31,35,37H,5,8,11,14,17,20,23-29H2,1-4H3,(H,34,38);3*1-2H3/b7-6-,10-9-,13-12-,16-15-,19-18-,22-21-;;;/t31-;;;/m0.../s1. The number of hydroxylamine groups is 1. The van der Waals surface area contributed by atoms with Gasteiger partial charge in [0.2, 0.25) is 5.91 Å². The SMILES string of the molecule is CC.CC.CC.CC/C=C\C/C=C\C/C=C\C/C=C\C/C=C\C/C=C\CC(=O)OCC(C)(C)[C@@H](O)C(=O)NCCCONCCSC. The second-order valence-corrected chi connectivity index (χ2v) is 11.0. The van der Waals surface area contributed by atoms with Gasteiger partial charge in [-0.25, -0.2) is 5.48 Å². The van der Waals surface area contributed by atoms with E-state index < -0.39 is 23.4 Å². The van der Waals surface area contributed by atoms with Crippen LogP contribution >= 0.6 is 11.8 Å². The third-order valence-corrected chi connectivity index (χ3v) is 6.32. The molecule has 3 N–H and O–H groups in total. The third-order valence-electron chi connectivity index (χ3n) is 5.71. The Morgan fingerprint density at radius 1 is 0.745 bits per heavy atom. The molecule has 8 heteroatoms. The molecule has 0 aliphatic rings. The van der Waals surface area contributed by atoms with Gasteiger partial charge in [-0.3, -0.25) is 9.59 Å². The molecule has 0 unspecified atom stereocenters. The molecule has 0 aromatic heterocycles. The molecule has 0 saturated carbocycles. The van der Waals surface area contributed by atoms with Crippen molar-refractivity contribution in [2.75, 3.05) is 38.3 Å². The van der Waals surface area contributed by atoms with Crippen LogP contribution < -0.4 is 10.8 Å². The summed E-state index contributed by atoms with van der Waals surface area (Å²) in [6.45, 7) is 19.1. The summed E-state index contributed by atoms with van der Waals surface area (Å²) in [6.07, 6.45) is 32.4. The van der Waals surface area contributed by atoms with Gasteiger partial charge in [0.25, 0.3) is 0 Å². The molecule has 1 atom stereocenters. The molecule has 0 radical (unpaired) electrons. The molecule has 7 nitrogen and oxygen atoms in total. The minimum atomic E-state index is -1.29. The summed E-state index contributed by atoms with van der Waals surface area (Å²) in [5, 5.41) is 13.1. The Bertz CT molecular complexity index is 848. The highest BCUT2D eigenvalue weighted by Crippen LogP contribution is 2.21. The van der Waals surface area contributed by atoms with Crippen LogP contribution in [0.1, 0.15) is 114 Å². The fourth-order valence-electron chi connectivity index (χ4n) is 3.20. The van der Waals surface area contributed by atoms with E-state index in [1.165, 1.54) is 0 Å². The van der Waals surface area contributed by atoms with Crippen LogP contribution in [0.25, 0.3) is 0 Å². The number of rotatable bonds is 25. The van der Waals surface area contributed by atoms with Gasteiger partial charge in [0.1, 0.15) is 6.10 Å². The van der Waals surface area contributed by atoms with Crippen LogP contribution in [0.15, 0.2) is 72.9 Å². The molecule has 274 valence electrons. The van der Waals surface area contributed by atoms with Gasteiger partial charge >= 0.3 is 5.97 Å². The summed E-state index contributed by atoms with van der Waals surface area (Å²) in [4.78, 5) is 29.6. The molecule has 0 aromatic carbocycles. The van der Waals surface area contributed by atoms with Crippen molar-refractivity contribution in [3.63, 3.8) is 0 Å². The lowest BCUT2D eigenvalue weighted by molar-refractivity contribution is -0.152. The quantitative estimate of drug-likeness (QED) is 0.0383. The first-order valence-electron chi connectivity index (χ1n) is 17.7. The van der Waals surface area contributed by atoms with Gasteiger partial charge in [-0.2, -0.15) is 11.8 Å². The molecule has 0 spiro atoms. The van der Waals surface area contributed by atoms with Crippen LogP contribution in [0, 0.1) is 5.41 Å². The van der Waals surface area contributed by atoms with Gasteiger partial charge in [-0.05, 0) is 51.2 Å². The number of aliphatic hydroxyl groups is 1. The molecule has 0 saturated heterocycles. The van der Waals surface area contributed by atoms with E-state index >= 15 is 0 Å². The average Bonchev–Trinajstić information content (AvgIpc) is 3.10. The Labute approximate surface area is 294 Å². The summed E-state index contributed by atoms with van der Waals surface area (Å²) in [5.74, 6) is 0.0828. The topological polar surface area (TPSA) is 96.9 Å². The van der Waals surface area contributed by atoms with Gasteiger partial charge in [-0.1, -0.05) is 135 Å². The maximum Gasteiger partial charge on any atom is 0.309 e. The van der Waals surface area contributed by atoms with E-state index in [4.69, 9.17) is 9.57 Å². The zero-order valence-corrected chi connectivity index (χ0v) is 32.5. The first kappa shape index (κ1) is 51.4. The molecule has 47 heavy (non-hydrogen) atoms. The van der Waals surface area contributed by atoms with Crippen LogP contribution in [0.5, 0.6) is 0 Å². The van der Waals surface area contributed by atoms with Gasteiger partial charge < -0.3 is 20.0 Å². The number of carbonyl (C=O) groups is 2. The normalized spacial score (nSPS) is 12.2. The third kappa shape index (κ3) is 39.7. The van der Waals surface area contributed by atoms with Crippen LogP contribution in [0.4, 0.5) is 0 Å². The smallest absolute Gasteiger partial charge is 0.309 e. The van der Waals surface area contributed by atoms with E-state index in [1.54, 1.807) is 31.7 Å². The van der Waals surface area contributed by atoms with E-state index in [0.717, 1.165) is 50.8 Å². The minimum absolute atomic E-state index is 0.0501. The number of thioether (sulfide) groups is 1. The second kappa shape index (κ2) is 43.6. The number of nitrogens with one attached hydrogen (secondary N) is 2. The molecule has 0 heterocycles. The first-order valence-corrected chi connectivity index (χ1v) is 19.1. The lowest BCUT2D eigenvalue weighted by Gasteiger charge is -2.28. The number of hydrogen-bond acceptors (Lipinski definition) is 7. The molecular weight excluding hydrogens is 609 g/mol. The Morgan fingerprint density at radius 2 is 1.19 bits per heavy atom. The van der Waals surface area contributed by atoms with E-state index in [0.29, 0.717) is 19.6 Å². The number of allylic oxidation sites excluding steroid dienone is 11. The summed E-state index contributed by atoms with van der Waals surface area (Å²) in [5.41, 5.74) is 1.94. The Balaban J connectivity index is -0.00000145. The largest absolute Gasteiger partial charge is 0.465 e. The maximum absolute atomic E-state index is 12.3. The van der Waals surface area contributed by atoms with Crippen LogP contribution in [-0.2, 0) is 19.2 Å². The summed E-state index contributed by atoms with van der Waals surface area (Å²) >= 11 is 1.73. The van der Waals surface area contributed by atoms with E-state index in [-0.39, 0.29) is 13.0 Å². The summed E-state index contributed by atoms with van der Waals surface area (Å²) in [7, 11) is 0. The highest BCUT2D eigenvalue weighted by molar-refractivity contribution is 7.98. The van der Waals surface area contributed by atoms with Crippen molar-refractivity contribution >= 4 is 23.6 Å². The lowest BCUT2D eigenvalue weighted by atomic mass is 9.87. The molecule has 0 rings (SSSR count). The molecule has 0 aliphatic heterocycles. The van der Waals surface area contributed by atoms with E-state index in [9.17, 15) is 14.7 Å². The van der Waals surface area contributed by atoms with Gasteiger partial charge in [0, 0.05) is 24.3 Å². The van der Waals surface area contributed by atoms with Gasteiger partial charge in [0.05, 0.1) is 19.6 Å². The second-order valence-electron chi connectivity index (χ2n) is 10.1. The number of esters is 1. The lowest BCUT2D eigenvalue weighted by Crippen LogP contribution is -2.46. The molecule has 0 aromatic rings. The van der Waals surface area contributed by atoms with Crippen LogP contribution in [-0.4, -0.2) is 61.4 Å². The van der Waals surface area contributed by atoms with Gasteiger partial charge in [0.15, 0.2) is 0 Å². The Morgan fingerprint density at radius 3 is 1.64 bits per heavy atom. The zero-order chi connectivity index (χ0) is 36.4. The molecule has 0 aliphatic carbocycles. The van der Waals surface area contributed by atoms with Crippen molar-refractivity contribution in [2.45, 2.75) is 120 Å². The maximum atomic E-state index is 12.3. The first-order chi connectivity index (χ1) is 22.8. The average molecular weight is 681 g/mol. The number of aliphatic hydroxyl groups excluding tert-OH is 1.